The molecule has 1 aromatic rings. The average molecular weight is 390 g/mol. The monoisotopic (exact) mass is 390 g/mol. The molecule has 0 bridgehead atoms. The summed E-state index contributed by atoms with van der Waals surface area (Å²) >= 11 is 0. The minimum Gasteiger partial charge on any atom is -0.474 e. The Bertz CT molecular complexity index is 747. The van der Waals surface area contributed by atoms with Gasteiger partial charge in [-0.3, -0.25) is 9.78 Å². The second-order valence-electron chi connectivity index (χ2n) is 9.35. The summed E-state index contributed by atoms with van der Waals surface area (Å²) in [6.07, 6.45) is 2.89. The molecule has 2 heterocycles. The first-order valence-electron chi connectivity index (χ1n) is 9.67. The van der Waals surface area contributed by atoms with Crippen molar-refractivity contribution in [1.29, 1.82) is 0 Å². The van der Waals surface area contributed by atoms with Gasteiger partial charge in [-0.25, -0.2) is 9.78 Å². The van der Waals surface area contributed by atoms with Crippen molar-refractivity contribution in [2.45, 2.75) is 52.7 Å². The molecule has 154 valence electrons. The van der Waals surface area contributed by atoms with E-state index in [1.807, 2.05) is 41.5 Å². The minimum atomic E-state index is -0.539. The molecule has 2 fully saturated rings. The van der Waals surface area contributed by atoms with Crippen LogP contribution in [0.3, 0.4) is 0 Å². The molecule has 1 saturated carbocycles. The molecule has 8 nitrogen and oxygen atoms in total. The molecule has 8 heteroatoms. The van der Waals surface area contributed by atoms with Crippen LogP contribution in [0.25, 0.3) is 0 Å². The van der Waals surface area contributed by atoms with Gasteiger partial charge >= 0.3 is 6.09 Å². The molecule has 1 N–H and O–H groups in total. The first-order chi connectivity index (χ1) is 13.0. The SMILES string of the molecule is Cc1nccnc1OCC(C)(C)NC(=O)C1C2CN(C(=O)OC(C)(C)C)CC21. The molecule has 2 unspecified atom stereocenters. The number of aryl methyl sites for hydroxylation is 1. The van der Waals surface area contributed by atoms with Gasteiger partial charge in [0, 0.05) is 31.4 Å². The van der Waals surface area contributed by atoms with Gasteiger partial charge in [0.25, 0.3) is 0 Å². The Labute approximate surface area is 166 Å². The number of nitrogens with zero attached hydrogens (tertiary/aromatic N) is 3. The molecule has 1 aromatic heterocycles. The van der Waals surface area contributed by atoms with Gasteiger partial charge in [-0.2, -0.15) is 0 Å². The van der Waals surface area contributed by atoms with E-state index in [0.29, 0.717) is 31.3 Å². The fraction of sp³-hybridized carbons (Fsp3) is 0.700. The van der Waals surface area contributed by atoms with E-state index in [4.69, 9.17) is 9.47 Å². The third-order valence-electron chi connectivity index (χ3n) is 5.02. The maximum absolute atomic E-state index is 12.7. The molecule has 2 aliphatic rings. The van der Waals surface area contributed by atoms with Crippen molar-refractivity contribution >= 4 is 12.0 Å². The molecule has 0 spiro atoms. The number of likely N-dealkylation sites (tertiary alicyclic amines) is 1. The maximum atomic E-state index is 12.7. The predicted octanol–water partition coefficient (Wildman–Crippen LogP) is 2.17. The quantitative estimate of drug-likeness (QED) is 0.828. The van der Waals surface area contributed by atoms with Gasteiger partial charge in [-0.05, 0) is 53.4 Å². The third-order valence-corrected chi connectivity index (χ3v) is 5.02. The van der Waals surface area contributed by atoms with Gasteiger partial charge in [0.15, 0.2) is 0 Å². The molecule has 1 saturated heterocycles. The fourth-order valence-corrected chi connectivity index (χ4v) is 3.63. The van der Waals surface area contributed by atoms with Crippen LogP contribution in [-0.4, -0.2) is 57.7 Å². The van der Waals surface area contributed by atoms with Gasteiger partial charge in [0.1, 0.15) is 12.2 Å². The summed E-state index contributed by atoms with van der Waals surface area (Å²) in [5.74, 6) is 0.874. The van der Waals surface area contributed by atoms with Crippen LogP contribution in [-0.2, 0) is 9.53 Å². The predicted molar refractivity (Wildman–Crippen MR) is 103 cm³/mol. The third kappa shape index (κ3) is 4.72. The topological polar surface area (TPSA) is 93.7 Å². The Balaban J connectivity index is 1.46. The summed E-state index contributed by atoms with van der Waals surface area (Å²) in [7, 11) is 0. The smallest absolute Gasteiger partial charge is 0.410 e. The zero-order valence-electron chi connectivity index (χ0n) is 17.5. The van der Waals surface area contributed by atoms with Crippen LogP contribution in [0.15, 0.2) is 12.4 Å². The summed E-state index contributed by atoms with van der Waals surface area (Å²) in [5.41, 5.74) is -0.335. The number of rotatable bonds is 5. The highest BCUT2D eigenvalue weighted by Gasteiger charge is 2.61. The number of carbonyl (C=O) groups excluding carboxylic acids is 2. The first-order valence-corrected chi connectivity index (χ1v) is 9.67. The molecule has 0 radical (unpaired) electrons. The van der Waals surface area contributed by atoms with Gasteiger partial charge in [0.2, 0.25) is 11.8 Å². The highest BCUT2D eigenvalue weighted by atomic mass is 16.6. The Hall–Kier alpha value is -2.38. The van der Waals surface area contributed by atoms with E-state index in [2.05, 4.69) is 15.3 Å². The van der Waals surface area contributed by atoms with Crippen molar-refractivity contribution < 1.29 is 19.1 Å². The Morgan fingerprint density at radius 2 is 1.75 bits per heavy atom. The van der Waals surface area contributed by atoms with E-state index in [9.17, 15) is 9.59 Å². The summed E-state index contributed by atoms with van der Waals surface area (Å²) in [6, 6.07) is 0. The molecule has 3 rings (SSSR count). The number of piperidine rings is 1. The van der Waals surface area contributed by atoms with Crippen LogP contribution >= 0.6 is 0 Å². The molecule has 1 aliphatic carbocycles. The van der Waals surface area contributed by atoms with E-state index in [0.717, 1.165) is 0 Å². The number of hydrogen-bond donors (Lipinski definition) is 1. The standard InChI is InChI=1S/C20H30N4O4/c1-12-17(22-8-7-21-12)27-11-20(5,6)23-16(25)15-13-9-24(10-14(13)15)18(26)28-19(2,3)4/h7-8,13-15H,9-11H2,1-6H3,(H,23,25). The summed E-state index contributed by atoms with van der Waals surface area (Å²) in [5, 5.41) is 3.07. The molecule has 2 amide bonds. The van der Waals surface area contributed by atoms with Gasteiger partial charge in [0.05, 0.1) is 11.2 Å². The van der Waals surface area contributed by atoms with Crippen LogP contribution in [0.4, 0.5) is 4.79 Å². The largest absolute Gasteiger partial charge is 0.474 e. The highest BCUT2D eigenvalue weighted by molar-refractivity contribution is 5.84. The number of amides is 2. The lowest BCUT2D eigenvalue weighted by atomic mass is 10.1. The average Bonchev–Trinajstić information content (AvgIpc) is 3.07. The van der Waals surface area contributed by atoms with Gasteiger partial charge in [-0.15, -0.1) is 0 Å². The van der Waals surface area contributed by atoms with Crippen molar-refractivity contribution in [3.8, 4) is 5.88 Å². The number of ether oxygens (including phenoxy) is 2. The number of aromatic nitrogens is 2. The number of nitrogens with one attached hydrogen (secondary N) is 1. The zero-order chi connectivity index (χ0) is 20.7. The normalized spacial score (nSPS) is 23.8. The number of hydrogen-bond acceptors (Lipinski definition) is 6. The molecular formula is C20H30N4O4. The lowest BCUT2D eigenvalue weighted by Gasteiger charge is -2.28. The Morgan fingerprint density at radius 3 is 2.32 bits per heavy atom. The van der Waals surface area contributed by atoms with Crippen LogP contribution < -0.4 is 10.1 Å². The van der Waals surface area contributed by atoms with E-state index in [-0.39, 0.29) is 29.8 Å². The van der Waals surface area contributed by atoms with E-state index < -0.39 is 11.1 Å². The van der Waals surface area contributed by atoms with Crippen molar-refractivity contribution in [2.24, 2.45) is 17.8 Å². The second-order valence-corrected chi connectivity index (χ2v) is 9.35. The molecule has 1 aliphatic heterocycles. The lowest BCUT2D eigenvalue weighted by Crippen LogP contribution is -2.49. The number of fused-ring (bicyclic) bond motifs is 1. The summed E-state index contributed by atoms with van der Waals surface area (Å²) < 4.78 is 11.1. The van der Waals surface area contributed by atoms with E-state index >= 15 is 0 Å². The molecule has 0 aromatic carbocycles. The maximum Gasteiger partial charge on any atom is 0.410 e. The Morgan fingerprint density at radius 1 is 1.14 bits per heavy atom. The van der Waals surface area contributed by atoms with Crippen LogP contribution in [0.5, 0.6) is 5.88 Å². The van der Waals surface area contributed by atoms with Crippen molar-refractivity contribution in [3.63, 3.8) is 0 Å². The molecule has 28 heavy (non-hydrogen) atoms. The van der Waals surface area contributed by atoms with Crippen molar-refractivity contribution in [1.82, 2.24) is 20.2 Å². The lowest BCUT2D eigenvalue weighted by molar-refractivity contribution is -0.125. The highest BCUT2D eigenvalue weighted by Crippen LogP contribution is 2.52. The van der Waals surface area contributed by atoms with Crippen molar-refractivity contribution in [2.75, 3.05) is 19.7 Å². The number of carbonyl (C=O) groups is 2. The van der Waals surface area contributed by atoms with E-state index in [1.165, 1.54) is 0 Å². The van der Waals surface area contributed by atoms with Crippen LogP contribution in [0.1, 0.15) is 40.3 Å². The first kappa shape index (κ1) is 20.4. The van der Waals surface area contributed by atoms with Gasteiger partial charge in [-0.1, -0.05) is 0 Å². The Kier molecular flexibility index (Phi) is 5.25. The van der Waals surface area contributed by atoms with Crippen molar-refractivity contribution in [3.05, 3.63) is 18.1 Å². The van der Waals surface area contributed by atoms with Crippen LogP contribution in [0, 0.1) is 24.7 Å². The molecular weight excluding hydrogens is 360 g/mol. The summed E-state index contributed by atoms with van der Waals surface area (Å²) in [6.45, 7) is 12.7. The second kappa shape index (κ2) is 7.22. The zero-order valence-corrected chi connectivity index (χ0v) is 17.5. The van der Waals surface area contributed by atoms with Gasteiger partial charge < -0.3 is 19.7 Å². The van der Waals surface area contributed by atoms with Crippen LogP contribution in [0.2, 0.25) is 0 Å². The summed E-state index contributed by atoms with van der Waals surface area (Å²) in [4.78, 5) is 34.8. The fourth-order valence-electron chi connectivity index (χ4n) is 3.63. The molecule has 2 atom stereocenters. The van der Waals surface area contributed by atoms with E-state index in [1.54, 1.807) is 17.3 Å². The minimum absolute atomic E-state index is 0.0170.